The molecule has 0 radical (unpaired) electrons. The van der Waals surface area contributed by atoms with Gasteiger partial charge in [-0.25, -0.2) is 0 Å². The van der Waals surface area contributed by atoms with Crippen LogP contribution in [0.1, 0.15) is 34.1 Å². The molecule has 0 rings (SSSR count). The van der Waals surface area contributed by atoms with Gasteiger partial charge in [0.15, 0.2) is 0 Å². The zero-order valence-corrected chi connectivity index (χ0v) is 9.66. The number of ether oxygens (including phenoxy) is 1. The quantitative estimate of drug-likeness (QED) is 0.500. The molecule has 0 aliphatic carbocycles. The largest absolute Gasteiger partial charge is 0.381 e. The molecule has 0 aliphatic heterocycles. The van der Waals surface area contributed by atoms with Crippen LogP contribution < -0.4 is 0 Å². The fraction of sp³-hybridized carbons (Fsp3) is 1.00. The van der Waals surface area contributed by atoms with Gasteiger partial charge in [-0.05, 0) is 23.5 Å². The SMILES string of the molecule is CC(C)CCOCC(C)(C)CS. The smallest absolute Gasteiger partial charge is 0.0524 e. The lowest BCUT2D eigenvalue weighted by Gasteiger charge is -2.21. The molecule has 0 saturated carbocycles. The molecule has 2 heteroatoms. The molecule has 0 aromatic rings. The van der Waals surface area contributed by atoms with Gasteiger partial charge in [-0.2, -0.15) is 12.6 Å². The van der Waals surface area contributed by atoms with Crippen LogP contribution in [0.4, 0.5) is 0 Å². The highest BCUT2D eigenvalue weighted by molar-refractivity contribution is 7.80. The van der Waals surface area contributed by atoms with Crippen molar-refractivity contribution in [3.8, 4) is 0 Å². The molecule has 0 fully saturated rings. The summed E-state index contributed by atoms with van der Waals surface area (Å²) in [5.41, 5.74) is 0.222. The third-order valence-electron chi connectivity index (χ3n) is 1.76. The van der Waals surface area contributed by atoms with Gasteiger partial charge in [0, 0.05) is 6.61 Å². The van der Waals surface area contributed by atoms with E-state index in [1.54, 1.807) is 0 Å². The molecule has 0 aliphatic rings. The minimum Gasteiger partial charge on any atom is -0.381 e. The summed E-state index contributed by atoms with van der Waals surface area (Å²) in [4.78, 5) is 0. The Hall–Kier alpha value is 0.310. The molecule has 12 heavy (non-hydrogen) atoms. The fourth-order valence-electron chi connectivity index (χ4n) is 0.713. The van der Waals surface area contributed by atoms with E-state index in [0.717, 1.165) is 31.3 Å². The Morgan fingerprint density at radius 1 is 1.33 bits per heavy atom. The average molecular weight is 190 g/mol. The van der Waals surface area contributed by atoms with E-state index in [4.69, 9.17) is 4.74 Å². The number of hydrogen-bond acceptors (Lipinski definition) is 2. The lowest BCUT2D eigenvalue weighted by molar-refractivity contribution is 0.0668. The molecule has 0 aromatic heterocycles. The zero-order valence-electron chi connectivity index (χ0n) is 8.76. The van der Waals surface area contributed by atoms with Crippen molar-refractivity contribution in [3.63, 3.8) is 0 Å². The highest BCUT2D eigenvalue weighted by atomic mass is 32.1. The van der Waals surface area contributed by atoms with Gasteiger partial charge in [0.2, 0.25) is 0 Å². The van der Waals surface area contributed by atoms with Gasteiger partial charge in [-0.15, -0.1) is 0 Å². The molecule has 0 aromatic carbocycles. The minimum atomic E-state index is 0.222. The van der Waals surface area contributed by atoms with Crippen LogP contribution >= 0.6 is 12.6 Å². The Labute approximate surface area is 82.3 Å². The molecule has 1 nitrogen and oxygen atoms in total. The Kier molecular flexibility index (Phi) is 6.02. The Bertz CT molecular complexity index is 110. The summed E-state index contributed by atoms with van der Waals surface area (Å²) in [5.74, 6) is 1.62. The van der Waals surface area contributed by atoms with Crippen molar-refractivity contribution in [1.29, 1.82) is 0 Å². The van der Waals surface area contributed by atoms with E-state index in [2.05, 4.69) is 40.3 Å². The van der Waals surface area contributed by atoms with E-state index < -0.39 is 0 Å². The minimum absolute atomic E-state index is 0.222. The average Bonchev–Trinajstić information content (AvgIpc) is 1.98. The lowest BCUT2D eigenvalue weighted by atomic mass is 9.98. The number of rotatable bonds is 6. The fourth-order valence-corrected chi connectivity index (χ4v) is 0.804. The maximum absolute atomic E-state index is 5.55. The first-order valence-electron chi connectivity index (χ1n) is 4.66. The number of hydrogen-bond donors (Lipinski definition) is 1. The van der Waals surface area contributed by atoms with Crippen molar-refractivity contribution in [1.82, 2.24) is 0 Å². The zero-order chi connectivity index (χ0) is 9.61. The van der Waals surface area contributed by atoms with Gasteiger partial charge in [0.25, 0.3) is 0 Å². The highest BCUT2D eigenvalue weighted by Gasteiger charge is 2.15. The molecular formula is C10H22OS. The van der Waals surface area contributed by atoms with Crippen LogP contribution in [0.2, 0.25) is 0 Å². The molecule has 0 atom stereocenters. The first kappa shape index (κ1) is 12.3. The summed E-state index contributed by atoms with van der Waals surface area (Å²) in [6, 6.07) is 0. The van der Waals surface area contributed by atoms with Crippen LogP contribution in [0, 0.1) is 11.3 Å². The van der Waals surface area contributed by atoms with Crippen LogP contribution in [0.5, 0.6) is 0 Å². The predicted molar refractivity (Wildman–Crippen MR) is 57.9 cm³/mol. The first-order valence-corrected chi connectivity index (χ1v) is 5.30. The van der Waals surface area contributed by atoms with Gasteiger partial charge in [0.05, 0.1) is 6.61 Å². The molecule has 0 bridgehead atoms. The van der Waals surface area contributed by atoms with Crippen LogP contribution in [-0.4, -0.2) is 19.0 Å². The van der Waals surface area contributed by atoms with Crippen molar-refractivity contribution >= 4 is 12.6 Å². The van der Waals surface area contributed by atoms with Gasteiger partial charge >= 0.3 is 0 Å². The monoisotopic (exact) mass is 190 g/mol. The van der Waals surface area contributed by atoms with E-state index in [1.165, 1.54) is 0 Å². The maximum atomic E-state index is 5.55. The summed E-state index contributed by atoms with van der Waals surface area (Å²) in [7, 11) is 0. The molecule has 74 valence electrons. The summed E-state index contributed by atoms with van der Waals surface area (Å²) >= 11 is 4.26. The van der Waals surface area contributed by atoms with Crippen molar-refractivity contribution in [2.75, 3.05) is 19.0 Å². The van der Waals surface area contributed by atoms with Gasteiger partial charge < -0.3 is 4.74 Å². The van der Waals surface area contributed by atoms with Crippen LogP contribution in [0.3, 0.4) is 0 Å². The van der Waals surface area contributed by atoms with Crippen molar-refractivity contribution in [2.24, 2.45) is 11.3 Å². The summed E-state index contributed by atoms with van der Waals surface area (Å²) in [5, 5.41) is 0. The van der Waals surface area contributed by atoms with Gasteiger partial charge in [-0.3, -0.25) is 0 Å². The number of thiol groups is 1. The Morgan fingerprint density at radius 3 is 2.33 bits per heavy atom. The van der Waals surface area contributed by atoms with E-state index in [1.807, 2.05) is 0 Å². The van der Waals surface area contributed by atoms with E-state index >= 15 is 0 Å². The molecule has 0 spiro atoms. The predicted octanol–water partition coefficient (Wildman–Crippen LogP) is 3.01. The third-order valence-corrected chi connectivity index (χ3v) is 2.62. The molecule has 0 N–H and O–H groups in total. The van der Waals surface area contributed by atoms with Crippen LogP contribution in [0.25, 0.3) is 0 Å². The summed E-state index contributed by atoms with van der Waals surface area (Å²) in [6.07, 6.45) is 1.16. The van der Waals surface area contributed by atoms with Gasteiger partial charge in [-0.1, -0.05) is 27.7 Å². The van der Waals surface area contributed by atoms with Crippen LogP contribution in [-0.2, 0) is 4.74 Å². The second kappa shape index (κ2) is 5.87. The first-order chi connectivity index (χ1) is 5.48. The highest BCUT2D eigenvalue weighted by Crippen LogP contribution is 2.17. The Morgan fingerprint density at radius 2 is 1.92 bits per heavy atom. The lowest BCUT2D eigenvalue weighted by Crippen LogP contribution is -2.21. The van der Waals surface area contributed by atoms with E-state index in [0.29, 0.717) is 0 Å². The molecule has 0 heterocycles. The van der Waals surface area contributed by atoms with Crippen molar-refractivity contribution < 1.29 is 4.74 Å². The maximum Gasteiger partial charge on any atom is 0.0524 e. The molecule has 0 unspecified atom stereocenters. The summed E-state index contributed by atoms with van der Waals surface area (Å²) in [6.45, 7) is 10.5. The van der Waals surface area contributed by atoms with Crippen LogP contribution in [0.15, 0.2) is 0 Å². The second-order valence-corrected chi connectivity index (χ2v) is 4.87. The Balaban J connectivity index is 3.31. The van der Waals surface area contributed by atoms with E-state index in [9.17, 15) is 0 Å². The molecule has 0 amide bonds. The standard InChI is InChI=1S/C10H22OS/c1-9(2)5-6-11-7-10(3,4)8-12/h9,12H,5-8H2,1-4H3. The van der Waals surface area contributed by atoms with Gasteiger partial charge in [0.1, 0.15) is 0 Å². The topological polar surface area (TPSA) is 9.23 Å². The normalized spacial score (nSPS) is 12.5. The van der Waals surface area contributed by atoms with Crippen molar-refractivity contribution in [2.45, 2.75) is 34.1 Å². The van der Waals surface area contributed by atoms with Crippen molar-refractivity contribution in [3.05, 3.63) is 0 Å². The molecule has 0 saturated heterocycles. The molecular weight excluding hydrogens is 168 g/mol. The van der Waals surface area contributed by atoms with E-state index in [-0.39, 0.29) is 5.41 Å². The third kappa shape index (κ3) is 6.99. The second-order valence-electron chi connectivity index (χ2n) is 4.56. The summed E-state index contributed by atoms with van der Waals surface area (Å²) < 4.78 is 5.55.